The largest absolute Gasteiger partial charge is 0.330 e. The van der Waals surface area contributed by atoms with Crippen molar-refractivity contribution in [1.82, 2.24) is 9.38 Å². The zero-order valence-corrected chi connectivity index (χ0v) is 10.1. The Balaban J connectivity index is 2.18. The fourth-order valence-corrected chi connectivity index (χ4v) is 2.25. The first-order valence-corrected chi connectivity index (χ1v) is 6.10. The van der Waals surface area contributed by atoms with Crippen LogP contribution in [0.3, 0.4) is 0 Å². The van der Waals surface area contributed by atoms with E-state index in [1.165, 1.54) is 5.56 Å². The molecule has 2 heterocycles. The molecule has 0 unspecified atom stereocenters. The molecule has 0 fully saturated rings. The molecule has 0 saturated heterocycles. The number of hydrogen-bond acceptors (Lipinski definition) is 2. The molecule has 18 heavy (non-hydrogen) atoms. The van der Waals surface area contributed by atoms with Crippen LogP contribution in [0.2, 0.25) is 0 Å². The first-order valence-electron chi connectivity index (χ1n) is 6.10. The fourth-order valence-electron chi connectivity index (χ4n) is 2.25. The van der Waals surface area contributed by atoms with Gasteiger partial charge in [0.2, 0.25) is 0 Å². The molecule has 0 spiro atoms. The average Bonchev–Trinajstić information content (AvgIpc) is 2.85. The summed E-state index contributed by atoms with van der Waals surface area (Å²) in [5.41, 5.74) is 9.15. The number of pyridine rings is 1. The van der Waals surface area contributed by atoms with Crippen molar-refractivity contribution in [2.45, 2.75) is 6.42 Å². The van der Waals surface area contributed by atoms with Crippen LogP contribution in [-0.2, 0) is 6.42 Å². The van der Waals surface area contributed by atoms with Crippen LogP contribution >= 0.6 is 0 Å². The predicted octanol–water partition coefficient (Wildman–Crippen LogP) is 2.50. The number of nitrogens with zero attached hydrogens (tertiary/aromatic N) is 2. The third-order valence-electron chi connectivity index (χ3n) is 3.10. The lowest BCUT2D eigenvalue weighted by Crippen LogP contribution is -2.04. The van der Waals surface area contributed by atoms with E-state index >= 15 is 0 Å². The standard InChI is InChI=1S/C15H15N3/c16-9-8-12-7-4-10-18-14(12)11-17-15(18)13-5-2-1-3-6-13/h1-7,10-11H,8-9,16H2. The summed E-state index contributed by atoms with van der Waals surface area (Å²) >= 11 is 0. The van der Waals surface area contributed by atoms with Crippen molar-refractivity contribution in [2.24, 2.45) is 5.73 Å². The molecular formula is C15H15N3. The summed E-state index contributed by atoms with van der Waals surface area (Å²) in [5, 5.41) is 0. The van der Waals surface area contributed by atoms with Crippen LogP contribution in [-0.4, -0.2) is 15.9 Å². The molecule has 0 aliphatic heterocycles. The van der Waals surface area contributed by atoms with Crippen molar-refractivity contribution in [3.8, 4) is 11.4 Å². The molecule has 3 aromatic rings. The van der Waals surface area contributed by atoms with E-state index in [4.69, 9.17) is 5.73 Å². The van der Waals surface area contributed by atoms with Crippen molar-refractivity contribution in [1.29, 1.82) is 0 Å². The number of hydrogen-bond donors (Lipinski definition) is 1. The highest BCUT2D eigenvalue weighted by molar-refractivity contribution is 5.64. The average molecular weight is 237 g/mol. The number of fused-ring (bicyclic) bond motifs is 1. The van der Waals surface area contributed by atoms with Gasteiger partial charge in [-0.15, -0.1) is 0 Å². The molecule has 0 aliphatic carbocycles. The Kier molecular flexibility index (Phi) is 2.82. The minimum absolute atomic E-state index is 0.658. The second-order valence-corrected chi connectivity index (χ2v) is 4.28. The third kappa shape index (κ3) is 1.79. The van der Waals surface area contributed by atoms with Crippen LogP contribution in [0.15, 0.2) is 54.9 Å². The normalized spacial score (nSPS) is 10.9. The number of nitrogens with two attached hydrogens (primary N) is 1. The van der Waals surface area contributed by atoms with Gasteiger partial charge in [0.15, 0.2) is 0 Å². The summed E-state index contributed by atoms with van der Waals surface area (Å²) in [6, 6.07) is 14.4. The van der Waals surface area contributed by atoms with Crippen LogP contribution in [0.25, 0.3) is 16.9 Å². The fraction of sp³-hybridized carbons (Fsp3) is 0.133. The highest BCUT2D eigenvalue weighted by atomic mass is 15.0. The zero-order valence-electron chi connectivity index (χ0n) is 10.1. The second kappa shape index (κ2) is 4.63. The Labute approximate surface area is 106 Å². The number of imidazole rings is 1. The van der Waals surface area contributed by atoms with Crippen molar-refractivity contribution in [3.05, 3.63) is 60.4 Å². The lowest BCUT2D eigenvalue weighted by atomic mass is 10.1. The summed E-state index contributed by atoms with van der Waals surface area (Å²) in [5.74, 6) is 0.976. The molecule has 3 rings (SSSR count). The summed E-state index contributed by atoms with van der Waals surface area (Å²) in [4.78, 5) is 4.53. The van der Waals surface area contributed by atoms with Crippen molar-refractivity contribution in [3.63, 3.8) is 0 Å². The van der Waals surface area contributed by atoms with Gasteiger partial charge in [-0.05, 0) is 24.6 Å². The first kappa shape index (κ1) is 11.0. The van der Waals surface area contributed by atoms with Crippen molar-refractivity contribution in [2.75, 3.05) is 6.54 Å². The van der Waals surface area contributed by atoms with Crippen LogP contribution in [0.4, 0.5) is 0 Å². The minimum atomic E-state index is 0.658. The van der Waals surface area contributed by atoms with Gasteiger partial charge in [0, 0.05) is 11.8 Å². The maximum atomic E-state index is 5.64. The molecule has 0 bridgehead atoms. The van der Waals surface area contributed by atoms with Crippen LogP contribution < -0.4 is 5.73 Å². The monoisotopic (exact) mass is 237 g/mol. The van der Waals surface area contributed by atoms with E-state index in [-0.39, 0.29) is 0 Å². The molecule has 1 aromatic carbocycles. The molecule has 90 valence electrons. The van der Waals surface area contributed by atoms with E-state index in [1.807, 2.05) is 36.7 Å². The number of aromatic nitrogens is 2. The maximum absolute atomic E-state index is 5.64. The maximum Gasteiger partial charge on any atom is 0.144 e. The van der Waals surface area contributed by atoms with Crippen LogP contribution in [0.1, 0.15) is 5.56 Å². The van der Waals surface area contributed by atoms with Gasteiger partial charge in [0.25, 0.3) is 0 Å². The van der Waals surface area contributed by atoms with Crippen molar-refractivity contribution < 1.29 is 0 Å². The van der Waals surface area contributed by atoms with Crippen LogP contribution in [0, 0.1) is 0 Å². The van der Waals surface area contributed by atoms with Gasteiger partial charge in [-0.2, -0.15) is 0 Å². The van der Waals surface area contributed by atoms with Gasteiger partial charge in [-0.25, -0.2) is 4.98 Å². The van der Waals surface area contributed by atoms with E-state index in [9.17, 15) is 0 Å². The Morgan fingerprint density at radius 3 is 2.67 bits per heavy atom. The molecule has 0 atom stereocenters. The van der Waals surface area contributed by atoms with E-state index in [0.29, 0.717) is 6.54 Å². The van der Waals surface area contributed by atoms with Gasteiger partial charge < -0.3 is 5.73 Å². The van der Waals surface area contributed by atoms with Gasteiger partial charge >= 0.3 is 0 Å². The minimum Gasteiger partial charge on any atom is -0.330 e. The molecule has 3 heteroatoms. The topological polar surface area (TPSA) is 43.3 Å². The van der Waals surface area contributed by atoms with Gasteiger partial charge in [-0.1, -0.05) is 36.4 Å². The lowest BCUT2D eigenvalue weighted by molar-refractivity contribution is 0.966. The molecular weight excluding hydrogens is 222 g/mol. The summed E-state index contributed by atoms with van der Waals surface area (Å²) < 4.78 is 2.13. The number of benzene rings is 1. The Morgan fingerprint density at radius 2 is 1.89 bits per heavy atom. The third-order valence-corrected chi connectivity index (χ3v) is 3.10. The van der Waals surface area contributed by atoms with Gasteiger partial charge in [0.1, 0.15) is 5.82 Å². The van der Waals surface area contributed by atoms with Crippen molar-refractivity contribution >= 4 is 5.52 Å². The first-order chi connectivity index (χ1) is 8.90. The highest BCUT2D eigenvalue weighted by Gasteiger charge is 2.07. The van der Waals surface area contributed by atoms with Gasteiger partial charge in [-0.3, -0.25) is 4.40 Å². The molecule has 2 N–H and O–H groups in total. The second-order valence-electron chi connectivity index (χ2n) is 4.28. The summed E-state index contributed by atoms with van der Waals surface area (Å²) in [7, 11) is 0. The molecule has 2 aromatic heterocycles. The van der Waals surface area contributed by atoms with E-state index in [2.05, 4.69) is 27.6 Å². The Hall–Kier alpha value is -2.13. The Morgan fingerprint density at radius 1 is 1.06 bits per heavy atom. The SMILES string of the molecule is NCCc1cccn2c(-c3ccccc3)ncc12. The van der Waals surface area contributed by atoms with E-state index in [1.54, 1.807) is 0 Å². The van der Waals surface area contributed by atoms with E-state index < -0.39 is 0 Å². The number of rotatable bonds is 3. The van der Waals surface area contributed by atoms with E-state index in [0.717, 1.165) is 23.3 Å². The highest BCUT2D eigenvalue weighted by Crippen LogP contribution is 2.21. The zero-order chi connectivity index (χ0) is 12.4. The summed E-state index contributed by atoms with van der Waals surface area (Å²) in [6.45, 7) is 0.658. The molecule has 0 aliphatic rings. The molecule has 0 amide bonds. The molecule has 0 saturated carbocycles. The van der Waals surface area contributed by atoms with Gasteiger partial charge in [0.05, 0.1) is 11.7 Å². The molecule has 0 radical (unpaired) electrons. The quantitative estimate of drug-likeness (QED) is 0.760. The predicted molar refractivity (Wildman–Crippen MR) is 73.4 cm³/mol. The smallest absolute Gasteiger partial charge is 0.144 e. The summed E-state index contributed by atoms with van der Waals surface area (Å²) in [6.07, 6.45) is 4.85. The Bertz CT molecular complexity index is 656. The van der Waals surface area contributed by atoms with Crippen LogP contribution in [0.5, 0.6) is 0 Å². The lowest BCUT2D eigenvalue weighted by Gasteiger charge is -2.04. The molecule has 3 nitrogen and oxygen atoms in total.